The van der Waals surface area contributed by atoms with Gasteiger partial charge in [-0.3, -0.25) is 4.99 Å². The van der Waals surface area contributed by atoms with E-state index in [1.165, 1.54) is 57.8 Å². The Bertz CT molecular complexity index is 484. The summed E-state index contributed by atoms with van der Waals surface area (Å²) in [7, 11) is 1.93. The van der Waals surface area contributed by atoms with Gasteiger partial charge in [-0.15, -0.1) is 24.0 Å². The zero-order valence-corrected chi connectivity index (χ0v) is 19.9. The van der Waals surface area contributed by atoms with Gasteiger partial charge in [-0.1, -0.05) is 32.1 Å². The molecule has 0 aromatic heterocycles. The SMILES string of the molecule is CN=C(NC1CC1C1CCCCC1)N1CCC(OCC2CCCCO2)CC1.I. The molecule has 2 heterocycles. The molecule has 3 unspecified atom stereocenters. The van der Waals surface area contributed by atoms with Gasteiger partial charge < -0.3 is 19.7 Å². The normalized spacial score (nSPS) is 32.7. The number of piperidine rings is 1. The fourth-order valence-electron chi connectivity index (χ4n) is 5.34. The average Bonchev–Trinajstić information content (AvgIpc) is 3.52. The van der Waals surface area contributed by atoms with Gasteiger partial charge in [0.05, 0.1) is 18.8 Å². The lowest BCUT2D eigenvalue weighted by Crippen LogP contribution is -2.48. The molecule has 0 amide bonds. The summed E-state index contributed by atoms with van der Waals surface area (Å²) in [6, 6.07) is 0.671. The van der Waals surface area contributed by atoms with Crippen LogP contribution in [0.1, 0.15) is 70.6 Å². The highest BCUT2D eigenvalue weighted by Gasteiger charge is 2.44. The molecule has 4 fully saturated rings. The summed E-state index contributed by atoms with van der Waals surface area (Å²) in [6.45, 7) is 3.80. The summed E-state index contributed by atoms with van der Waals surface area (Å²) < 4.78 is 12.0. The van der Waals surface area contributed by atoms with E-state index in [0.717, 1.165) is 56.9 Å². The molecule has 28 heavy (non-hydrogen) atoms. The number of nitrogens with one attached hydrogen (secondary N) is 1. The lowest BCUT2D eigenvalue weighted by Gasteiger charge is -2.35. The second kappa shape index (κ2) is 11.3. The number of halogens is 1. The van der Waals surface area contributed by atoms with Crippen molar-refractivity contribution in [2.45, 2.75) is 88.9 Å². The first kappa shape index (κ1) is 22.6. The lowest BCUT2D eigenvalue weighted by molar-refractivity contribution is -0.0721. The van der Waals surface area contributed by atoms with Gasteiger partial charge >= 0.3 is 0 Å². The Labute approximate surface area is 188 Å². The predicted octanol–water partition coefficient (Wildman–Crippen LogP) is 4.20. The molecule has 5 nitrogen and oxygen atoms in total. The Morgan fingerprint density at radius 3 is 2.46 bits per heavy atom. The van der Waals surface area contributed by atoms with Gasteiger partial charge in [-0.25, -0.2) is 0 Å². The summed E-state index contributed by atoms with van der Waals surface area (Å²) in [5.41, 5.74) is 0. The highest BCUT2D eigenvalue weighted by Crippen LogP contribution is 2.44. The van der Waals surface area contributed by atoms with Crippen molar-refractivity contribution in [3.8, 4) is 0 Å². The number of guanidine groups is 1. The molecule has 3 atom stereocenters. The van der Waals surface area contributed by atoms with Crippen LogP contribution in [0.3, 0.4) is 0 Å². The Morgan fingerprint density at radius 2 is 1.79 bits per heavy atom. The van der Waals surface area contributed by atoms with Gasteiger partial charge in [0.2, 0.25) is 0 Å². The first-order valence-electron chi connectivity index (χ1n) is 11.5. The molecule has 162 valence electrons. The van der Waals surface area contributed by atoms with Crippen molar-refractivity contribution >= 4 is 29.9 Å². The fourth-order valence-corrected chi connectivity index (χ4v) is 5.34. The van der Waals surface area contributed by atoms with Crippen LogP contribution in [-0.2, 0) is 9.47 Å². The Morgan fingerprint density at radius 1 is 1.04 bits per heavy atom. The lowest BCUT2D eigenvalue weighted by atomic mass is 9.85. The van der Waals surface area contributed by atoms with E-state index >= 15 is 0 Å². The molecule has 0 aromatic rings. The van der Waals surface area contributed by atoms with Gasteiger partial charge in [0, 0.05) is 32.8 Å². The van der Waals surface area contributed by atoms with Crippen molar-refractivity contribution in [3.63, 3.8) is 0 Å². The van der Waals surface area contributed by atoms with E-state index in [4.69, 9.17) is 9.47 Å². The number of aliphatic imine (C=N–C) groups is 1. The molecule has 0 radical (unpaired) electrons. The minimum Gasteiger partial charge on any atom is -0.376 e. The minimum atomic E-state index is 0. The monoisotopic (exact) mass is 505 g/mol. The summed E-state index contributed by atoms with van der Waals surface area (Å²) in [5.74, 6) is 2.99. The standard InChI is InChI=1S/C22H39N3O2.HI/c1-23-22(24-21-15-20(21)17-7-3-2-4-8-17)25-12-10-18(11-13-25)27-16-19-9-5-6-14-26-19;/h17-21H,2-16H2,1H3,(H,23,24);1H. The van der Waals surface area contributed by atoms with Crippen molar-refractivity contribution in [2.75, 3.05) is 33.4 Å². The van der Waals surface area contributed by atoms with Gasteiger partial charge in [-0.2, -0.15) is 0 Å². The van der Waals surface area contributed by atoms with Crippen LogP contribution in [0.15, 0.2) is 4.99 Å². The zero-order chi connectivity index (χ0) is 18.5. The maximum Gasteiger partial charge on any atom is 0.193 e. The second-order valence-corrected chi connectivity index (χ2v) is 9.10. The third-order valence-electron chi connectivity index (χ3n) is 7.15. The molecular formula is C22H40IN3O2. The molecule has 2 aliphatic carbocycles. The first-order valence-corrected chi connectivity index (χ1v) is 11.5. The second-order valence-electron chi connectivity index (χ2n) is 9.10. The quantitative estimate of drug-likeness (QED) is 0.346. The van der Waals surface area contributed by atoms with Gasteiger partial charge in [0.15, 0.2) is 5.96 Å². The van der Waals surface area contributed by atoms with E-state index in [1.54, 1.807) is 0 Å². The molecule has 0 bridgehead atoms. The van der Waals surface area contributed by atoms with E-state index < -0.39 is 0 Å². The zero-order valence-electron chi connectivity index (χ0n) is 17.6. The molecule has 2 saturated carbocycles. The predicted molar refractivity (Wildman–Crippen MR) is 125 cm³/mol. The van der Waals surface area contributed by atoms with Crippen molar-refractivity contribution in [2.24, 2.45) is 16.8 Å². The third kappa shape index (κ3) is 6.21. The first-order chi connectivity index (χ1) is 13.3. The molecule has 4 rings (SSSR count). The van der Waals surface area contributed by atoms with Crippen LogP contribution in [-0.4, -0.2) is 62.5 Å². The summed E-state index contributed by atoms with van der Waals surface area (Å²) >= 11 is 0. The highest BCUT2D eigenvalue weighted by molar-refractivity contribution is 14.0. The van der Waals surface area contributed by atoms with Crippen molar-refractivity contribution in [1.82, 2.24) is 10.2 Å². The number of likely N-dealkylation sites (tertiary alicyclic amines) is 1. The topological polar surface area (TPSA) is 46.1 Å². The summed E-state index contributed by atoms with van der Waals surface area (Å²) in [4.78, 5) is 7.02. The third-order valence-corrected chi connectivity index (χ3v) is 7.15. The van der Waals surface area contributed by atoms with Gasteiger partial charge in [0.1, 0.15) is 0 Å². The largest absolute Gasteiger partial charge is 0.376 e. The molecule has 0 aromatic carbocycles. The van der Waals surface area contributed by atoms with Crippen molar-refractivity contribution in [1.29, 1.82) is 0 Å². The fraction of sp³-hybridized carbons (Fsp3) is 0.955. The van der Waals surface area contributed by atoms with E-state index in [9.17, 15) is 0 Å². The molecule has 6 heteroatoms. The number of hydrogen-bond donors (Lipinski definition) is 1. The molecule has 1 N–H and O–H groups in total. The van der Waals surface area contributed by atoms with Crippen LogP contribution in [0.4, 0.5) is 0 Å². The highest BCUT2D eigenvalue weighted by atomic mass is 127. The smallest absolute Gasteiger partial charge is 0.193 e. The molecule has 4 aliphatic rings. The Balaban J connectivity index is 0.00000225. The maximum atomic E-state index is 6.16. The van der Waals surface area contributed by atoms with E-state index in [-0.39, 0.29) is 24.0 Å². The van der Waals surface area contributed by atoms with Crippen molar-refractivity contribution < 1.29 is 9.47 Å². The Kier molecular flexibility index (Phi) is 9.16. The number of hydrogen-bond acceptors (Lipinski definition) is 3. The van der Waals surface area contributed by atoms with E-state index in [1.807, 2.05) is 7.05 Å². The van der Waals surface area contributed by atoms with Crippen LogP contribution in [0.2, 0.25) is 0 Å². The van der Waals surface area contributed by atoms with Crippen LogP contribution in [0, 0.1) is 11.8 Å². The molecule has 0 spiro atoms. The maximum absolute atomic E-state index is 6.16. The average molecular weight is 505 g/mol. The summed E-state index contributed by atoms with van der Waals surface area (Å²) in [6.07, 6.45) is 15.2. The van der Waals surface area contributed by atoms with Crippen molar-refractivity contribution in [3.05, 3.63) is 0 Å². The van der Waals surface area contributed by atoms with E-state index in [2.05, 4.69) is 15.2 Å². The Hall–Kier alpha value is -0.0800. The summed E-state index contributed by atoms with van der Waals surface area (Å²) in [5, 5.41) is 3.77. The van der Waals surface area contributed by atoms with Crippen LogP contribution in [0.5, 0.6) is 0 Å². The van der Waals surface area contributed by atoms with Crippen LogP contribution in [0.25, 0.3) is 0 Å². The van der Waals surface area contributed by atoms with Crippen LogP contribution < -0.4 is 5.32 Å². The molecule has 2 aliphatic heterocycles. The van der Waals surface area contributed by atoms with E-state index in [0.29, 0.717) is 18.2 Å². The number of nitrogens with zero attached hydrogens (tertiary/aromatic N) is 2. The van der Waals surface area contributed by atoms with Crippen LogP contribution >= 0.6 is 24.0 Å². The van der Waals surface area contributed by atoms with Gasteiger partial charge in [-0.05, 0) is 50.4 Å². The molecule has 2 saturated heterocycles. The molecular weight excluding hydrogens is 465 g/mol. The number of ether oxygens (including phenoxy) is 2. The number of rotatable bonds is 5. The minimum absolute atomic E-state index is 0. The van der Waals surface area contributed by atoms with Gasteiger partial charge in [0.25, 0.3) is 0 Å².